The van der Waals surface area contributed by atoms with Gasteiger partial charge in [0.25, 0.3) is 0 Å². The molecule has 0 bridgehead atoms. The van der Waals surface area contributed by atoms with Crippen LogP contribution in [0.15, 0.2) is 18.2 Å². The van der Waals surface area contributed by atoms with Crippen molar-refractivity contribution in [1.82, 2.24) is 5.32 Å². The minimum atomic E-state index is -0.497. The summed E-state index contributed by atoms with van der Waals surface area (Å²) < 4.78 is 13.1. The molecule has 0 amide bonds. The zero-order chi connectivity index (χ0) is 10.6. The third-order valence-corrected chi connectivity index (χ3v) is 2.26. The van der Waals surface area contributed by atoms with Gasteiger partial charge in [-0.1, -0.05) is 35.4 Å². The lowest BCUT2D eigenvalue weighted by Crippen LogP contribution is -2.03. The molecule has 0 spiro atoms. The lowest BCUT2D eigenvalue weighted by molar-refractivity contribution is 0.628. The number of benzene rings is 1. The van der Waals surface area contributed by atoms with Gasteiger partial charge in [-0.15, -0.1) is 0 Å². The molecule has 0 aliphatic rings. The fourth-order valence-electron chi connectivity index (χ4n) is 1.00. The molecule has 14 heavy (non-hydrogen) atoms. The van der Waals surface area contributed by atoms with E-state index in [2.05, 4.69) is 5.32 Å². The monoisotopic (exact) mass is 233 g/mol. The average Bonchev–Trinajstić information content (AvgIpc) is 2.13. The Morgan fingerprint density at radius 1 is 1.43 bits per heavy atom. The Kier molecular flexibility index (Phi) is 4.39. The number of halogens is 3. The Hall–Kier alpha value is -0.570. The molecule has 0 aromatic heterocycles. The average molecular weight is 234 g/mol. The van der Waals surface area contributed by atoms with Gasteiger partial charge in [0.15, 0.2) is 0 Å². The lowest BCUT2D eigenvalue weighted by atomic mass is 10.2. The van der Waals surface area contributed by atoms with Gasteiger partial charge in [-0.3, -0.25) is 0 Å². The Morgan fingerprint density at radius 2 is 2.14 bits per heavy atom. The van der Waals surface area contributed by atoms with E-state index in [1.807, 2.05) is 13.1 Å². The van der Waals surface area contributed by atoms with E-state index in [4.69, 9.17) is 23.2 Å². The van der Waals surface area contributed by atoms with Crippen molar-refractivity contribution in [3.8, 4) is 0 Å². The number of likely N-dealkylation sites (N-methyl/N-ethyl adjacent to an activating group) is 1. The van der Waals surface area contributed by atoms with E-state index in [0.29, 0.717) is 17.1 Å². The van der Waals surface area contributed by atoms with Crippen molar-refractivity contribution in [1.29, 1.82) is 0 Å². The van der Waals surface area contributed by atoms with Crippen LogP contribution in [0, 0.1) is 5.82 Å². The van der Waals surface area contributed by atoms with E-state index in [0.717, 1.165) is 0 Å². The van der Waals surface area contributed by atoms with Crippen LogP contribution in [-0.2, 0) is 0 Å². The van der Waals surface area contributed by atoms with Gasteiger partial charge < -0.3 is 5.32 Å². The predicted octanol–water partition coefficient (Wildman–Crippen LogP) is 3.37. The van der Waals surface area contributed by atoms with Crippen molar-refractivity contribution in [2.24, 2.45) is 0 Å². The van der Waals surface area contributed by atoms with Crippen LogP contribution in [0.5, 0.6) is 0 Å². The maximum atomic E-state index is 13.1. The summed E-state index contributed by atoms with van der Waals surface area (Å²) in [6, 6.07) is 2.82. The largest absolute Gasteiger partial charge is 0.316 e. The third-order valence-electron chi connectivity index (χ3n) is 1.64. The van der Waals surface area contributed by atoms with E-state index in [-0.39, 0.29) is 5.02 Å². The summed E-state index contributed by atoms with van der Waals surface area (Å²) in [5.41, 5.74) is 0.590. The molecule has 0 fully saturated rings. The van der Waals surface area contributed by atoms with E-state index >= 15 is 0 Å². The van der Waals surface area contributed by atoms with Crippen molar-refractivity contribution in [3.63, 3.8) is 0 Å². The van der Waals surface area contributed by atoms with Crippen molar-refractivity contribution in [2.45, 2.75) is 0 Å². The van der Waals surface area contributed by atoms with Gasteiger partial charge in [-0.05, 0) is 24.7 Å². The first-order valence-corrected chi connectivity index (χ1v) is 4.86. The van der Waals surface area contributed by atoms with Gasteiger partial charge in [0, 0.05) is 11.6 Å². The number of hydrogen-bond donors (Lipinski definition) is 1. The highest BCUT2D eigenvalue weighted by Gasteiger charge is 2.05. The zero-order valence-electron chi connectivity index (χ0n) is 7.65. The minimum absolute atomic E-state index is 0.0988. The van der Waals surface area contributed by atoms with E-state index in [9.17, 15) is 4.39 Å². The zero-order valence-corrected chi connectivity index (χ0v) is 9.16. The summed E-state index contributed by atoms with van der Waals surface area (Å²) in [6.45, 7) is 0.699. The Bertz CT molecular complexity index is 350. The normalized spacial score (nSPS) is 11.1. The minimum Gasteiger partial charge on any atom is -0.316 e. The van der Waals surface area contributed by atoms with Gasteiger partial charge in [-0.25, -0.2) is 4.39 Å². The van der Waals surface area contributed by atoms with Crippen molar-refractivity contribution >= 4 is 29.3 Å². The van der Waals surface area contributed by atoms with Crippen LogP contribution in [-0.4, -0.2) is 13.6 Å². The molecule has 1 aromatic carbocycles. The Balaban J connectivity index is 2.96. The molecular formula is C10H10Cl2FN. The molecule has 4 heteroatoms. The van der Waals surface area contributed by atoms with Crippen LogP contribution >= 0.6 is 23.2 Å². The standard InChI is InChI=1S/C10H10Cl2FN/c1-14-4-2-3-7-5-8(11)6-9(13)10(7)12/h2-3,5-6,14H,4H2,1H3. The van der Waals surface area contributed by atoms with Crippen LogP contribution < -0.4 is 5.32 Å². The first-order valence-electron chi connectivity index (χ1n) is 4.11. The second-order valence-electron chi connectivity index (χ2n) is 2.75. The van der Waals surface area contributed by atoms with Gasteiger partial charge in [0.1, 0.15) is 5.82 Å². The summed E-state index contributed by atoms with van der Waals surface area (Å²) in [5, 5.41) is 3.37. The third kappa shape index (κ3) is 2.98. The molecule has 76 valence electrons. The maximum Gasteiger partial charge on any atom is 0.143 e. The lowest BCUT2D eigenvalue weighted by Gasteiger charge is -2.00. The van der Waals surface area contributed by atoms with E-state index in [1.165, 1.54) is 6.07 Å². The van der Waals surface area contributed by atoms with Crippen LogP contribution in [0.4, 0.5) is 4.39 Å². The van der Waals surface area contributed by atoms with Crippen LogP contribution in [0.1, 0.15) is 5.56 Å². The van der Waals surface area contributed by atoms with E-state index in [1.54, 1.807) is 12.1 Å². The van der Waals surface area contributed by atoms with Crippen LogP contribution in [0.3, 0.4) is 0 Å². The molecule has 0 radical (unpaired) electrons. The molecule has 0 heterocycles. The fourth-order valence-corrected chi connectivity index (χ4v) is 1.39. The molecule has 0 atom stereocenters. The van der Waals surface area contributed by atoms with Crippen LogP contribution in [0.2, 0.25) is 10.0 Å². The maximum absolute atomic E-state index is 13.1. The predicted molar refractivity (Wildman–Crippen MR) is 59.4 cm³/mol. The molecular weight excluding hydrogens is 224 g/mol. The highest BCUT2D eigenvalue weighted by molar-refractivity contribution is 6.34. The molecule has 1 aromatic rings. The number of nitrogens with one attached hydrogen (secondary N) is 1. The summed E-state index contributed by atoms with van der Waals surface area (Å²) in [6.07, 6.45) is 3.57. The van der Waals surface area contributed by atoms with Gasteiger partial charge in [0.05, 0.1) is 5.02 Å². The second-order valence-corrected chi connectivity index (χ2v) is 3.57. The second kappa shape index (κ2) is 5.35. The SMILES string of the molecule is CNCC=Cc1cc(Cl)cc(F)c1Cl. The molecule has 0 aliphatic heterocycles. The quantitative estimate of drug-likeness (QED) is 0.790. The summed E-state index contributed by atoms with van der Waals surface area (Å²) in [7, 11) is 1.82. The van der Waals surface area contributed by atoms with Crippen LogP contribution in [0.25, 0.3) is 6.08 Å². The molecule has 1 nitrogen and oxygen atoms in total. The smallest absolute Gasteiger partial charge is 0.143 e. The Morgan fingerprint density at radius 3 is 2.79 bits per heavy atom. The topological polar surface area (TPSA) is 12.0 Å². The number of rotatable bonds is 3. The van der Waals surface area contributed by atoms with Gasteiger partial charge in [0.2, 0.25) is 0 Å². The first-order chi connectivity index (χ1) is 6.65. The van der Waals surface area contributed by atoms with Crippen molar-refractivity contribution < 1.29 is 4.39 Å². The fraction of sp³-hybridized carbons (Fsp3) is 0.200. The molecule has 0 unspecified atom stereocenters. The summed E-state index contributed by atoms with van der Waals surface area (Å²) in [4.78, 5) is 0. The van der Waals surface area contributed by atoms with Crippen molar-refractivity contribution in [2.75, 3.05) is 13.6 Å². The van der Waals surface area contributed by atoms with E-state index < -0.39 is 5.82 Å². The first kappa shape index (κ1) is 11.5. The van der Waals surface area contributed by atoms with Gasteiger partial charge >= 0.3 is 0 Å². The summed E-state index contributed by atoms with van der Waals surface area (Å²) >= 11 is 11.4. The highest BCUT2D eigenvalue weighted by Crippen LogP contribution is 2.25. The molecule has 1 rings (SSSR count). The Labute approximate surface area is 92.5 Å². The molecule has 1 N–H and O–H groups in total. The van der Waals surface area contributed by atoms with Crippen molar-refractivity contribution in [3.05, 3.63) is 39.6 Å². The summed E-state index contributed by atoms with van der Waals surface area (Å²) in [5.74, 6) is -0.497. The highest BCUT2D eigenvalue weighted by atomic mass is 35.5. The number of hydrogen-bond acceptors (Lipinski definition) is 1. The molecule has 0 aliphatic carbocycles. The van der Waals surface area contributed by atoms with Gasteiger partial charge in [-0.2, -0.15) is 0 Å². The molecule has 0 saturated heterocycles. The molecule has 0 saturated carbocycles.